The minimum atomic E-state index is -0.613. The van der Waals surface area contributed by atoms with Gasteiger partial charge in [0.15, 0.2) is 0 Å². The lowest BCUT2D eigenvalue weighted by molar-refractivity contribution is -0.118. The van der Waals surface area contributed by atoms with Crippen LogP contribution in [0.5, 0.6) is 0 Å². The number of fused-ring (bicyclic) bond motifs is 1. The number of carbonyl (C=O) groups is 1. The Labute approximate surface area is 119 Å². The molecule has 1 saturated heterocycles. The van der Waals surface area contributed by atoms with Crippen LogP contribution in [0.3, 0.4) is 0 Å². The maximum Gasteiger partial charge on any atom is 0.227 e. The Kier molecular flexibility index (Phi) is 3.30. The van der Waals surface area contributed by atoms with Crippen molar-refractivity contribution in [1.82, 2.24) is 0 Å². The molecule has 4 nitrogen and oxygen atoms in total. The minimum Gasteiger partial charge on any atom is -0.385 e. The number of anilines is 1. The van der Waals surface area contributed by atoms with Gasteiger partial charge in [-0.15, -0.1) is 0 Å². The van der Waals surface area contributed by atoms with Crippen molar-refractivity contribution in [2.75, 3.05) is 18.6 Å². The second kappa shape index (κ2) is 4.86. The predicted molar refractivity (Wildman–Crippen MR) is 76.7 cm³/mol. The van der Waals surface area contributed by atoms with E-state index in [9.17, 15) is 9.90 Å². The topological polar surface area (TPSA) is 49.8 Å². The van der Waals surface area contributed by atoms with Gasteiger partial charge >= 0.3 is 0 Å². The van der Waals surface area contributed by atoms with E-state index in [1.54, 1.807) is 11.9 Å². The van der Waals surface area contributed by atoms with Gasteiger partial charge in [0.1, 0.15) is 6.10 Å². The molecule has 2 heterocycles. The first-order valence-electron chi connectivity index (χ1n) is 7.23. The molecule has 0 aromatic heterocycles. The third-order valence-corrected chi connectivity index (χ3v) is 4.59. The highest BCUT2D eigenvalue weighted by Crippen LogP contribution is 2.39. The Bertz CT molecular complexity index is 535. The van der Waals surface area contributed by atoms with Crippen LogP contribution < -0.4 is 4.90 Å². The van der Waals surface area contributed by atoms with Crippen LogP contribution in [0, 0.1) is 0 Å². The number of benzene rings is 1. The molecule has 1 aromatic carbocycles. The third-order valence-electron chi connectivity index (χ3n) is 4.59. The third kappa shape index (κ3) is 2.13. The number of aryl methyl sites for hydroxylation is 1. The van der Waals surface area contributed by atoms with Gasteiger partial charge in [0, 0.05) is 25.8 Å². The number of aliphatic hydroxyl groups is 1. The van der Waals surface area contributed by atoms with E-state index in [2.05, 4.69) is 0 Å². The summed E-state index contributed by atoms with van der Waals surface area (Å²) >= 11 is 0. The van der Waals surface area contributed by atoms with E-state index in [1.165, 1.54) is 0 Å². The van der Waals surface area contributed by atoms with Crippen molar-refractivity contribution in [3.63, 3.8) is 0 Å². The molecule has 1 N–H and O–H groups in total. The first-order valence-corrected chi connectivity index (χ1v) is 7.23. The fraction of sp³-hybridized carbons (Fsp3) is 0.562. The molecule has 2 unspecified atom stereocenters. The second-order valence-corrected chi connectivity index (χ2v) is 6.01. The average molecular weight is 275 g/mol. The van der Waals surface area contributed by atoms with Crippen molar-refractivity contribution in [2.24, 2.45) is 0 Å². The highest BCUT2D eigenvalue weighted by atomic mass is 16.5. The molecule has 1 fully saturated rings. The van der Waals surface area contributed by atoms with Crippen LogP contribution in [0.25, 0.3) is 0 Å². The van der Waals surface area contributed by atoms with E-state index in [0.29, 0.717) is 6.42 Å². The number of hydrogen-bond donors (Lipinski definition) is 1. The maximum atomic E-state index is 11.7. The molecule has 0 bridgehead atoms. The molecule has 2 atom stereocenters. The van der Waals surface area contributed by atoms with Crippen molar-refractivity contribution in [1.29, 1.82) is 0 Å². The van der Waals surface area contributed by atoms with Gasteiger partial charge in [-0.25, -0.2) is 0 Å². The van der Waals surface area contributed by atoms with Crippen LogP contribution in [0.15, 0.2) is 18.2 Å². The van der Waals surface area contributed by atoms with Crippen LogP contribution in [0.2, 0.25) is 0 Å². The van der Waals surface area contributed by atoms with E-state index in [4.69, 9.17) is 4.74 Å². The maximum absolute atomic E-state index is 11.7. The molecule has 1 amide bonds. The van der Waals surface area contributed by atoms with Crippen molar-refractivity contribution < 1.29 is 14.6 Å². The van der Waals surface area contributed by atoms with Gasteiger partial charge < -0.3 is 14.7 Å². The van der Waals surface area contributed by atoms with Crippen LogP contribution in [-0.4, -0.2) is 30.3 Å². The molecular weight excluding hydrogens is 254 g/mol. The molecular formula is C16H21NO3. The Morgan fingerprint density at radius 2 is 2.20 bits per heavy atom. The zero-order valence-corrected chi connectivity index (χ0v) is 12.1. The van der Waals surface area contributed by atoms with E-state index >= 15 is 0 Å². The summed E-state index contributed by atoms with van der Waals surface area (Å²) in [5.74, 6) is 0.150. The van der Waals surface area contributed by atoms with Crippen LogP contribution in [0.4, 0.5) is 5.69 Å². The summed E-state index contributed by atoms with van der Waals surface area (Å²) in [5, 5.41) is 10.6. The van der Waals surface area contributed by atoms with Gasteiger partial charge in [-0.3, -0.25) is 4.79 Å². The van der Waals surface area contributed by atoms with E-state index in [-0.39, 0.29) is 5.91 Å². The van der Waals surface area contributed by atoms with Crippen LogP contribution in [0.1, 0.15) is 43.4 Å². The molecule has 0 saturated carbocycles. The number of amides is 1. The first kappa shape index (κ1) is 13.6. The van der Waals surface area contributed by atoms with E-state index in [0.717, 1.165) is 42.7 Å². The summed E-state index contributed by atoms with van der Waals surface area (Å²) < 4.78 is 5.72. The van der Waals surface area contributed by atoms with Crippen molar-refractivity contribution in [2.45, 2.75) is 44.3 Å². The van der Waals surface area contributed by atoms with Gasteiger partial charge in [0.2, 0.25) is 5.91 Å². The second-order valence-electron chi connectivity index (χ2n) is 6.01. The first-order chi connectivity index (χ1) is 9.51. The number of rotatable bonds is 2. The molecule has 0 spiro atoms. The number of carbonyl (C=O) groups excluding carboxylic acids is 1. The highest BCUT2D eigenvalue weighted by molar-refractivity contribution is 5.95. The van der Waals surface area contributed by atoms with Crippen molar-refractivity contribution in [3.05, 3.63) is 29.3 Å². The number of nitrogens with zero attached hydrogens (tertiary/aromatic N) is 1. The Morgan fingerprint density at radius 3 is 2.90 bits per heavy atom. The molecule has 1 aromatic rings. The summed E-state index contributed by atoms with van der Waals surface area (Å²) in [6.07, 6.45) is 2.55. The zero-order chi connectivity index (χ0) is 14.3. The number of ether oxygens (including phenoxy) is 1. The Morgan fingerprint density at radius 1 is 1.40 bits per heavy atom. The molecule has 20 heavy (non-hydrogen) atoms. The zero-order valence-electron chi connectivity index (χ0n) is 12.1. The summed E-state index contributed by atoms with van der Waals surface area (Å²) in [4.78, 5) is 13.4. The van der Waals surface area contributed by atoms with Gasteiger partial charge in [-0.1, -0.05) is 12.1 Å². The fourth-order valence-corrected chi connectivity index (χ4v) is 3.22. The Balaban J connectivity index is 1.91. The minimum absolute atomic E-state index is 0.150. The van der Waals surface area contributed by atoms with Crippen LogP contribution >= 0.6 is 0 Å². The molecule has 2 aliphatic rings. The van der Waals surface area contributed by atoms with Gasteiger partial charge in [0.25, 0.3) is 0 Å². The molecule has 0 aliphatic carbocycles. The molecule has 4 heteroatoms. The normalized spacial score (nSPS) is 27.6. The lowest BCUT2D eigenvalue weighted by atomic mass is 9.88. The lowest BCUT2D eigenvalue weighted by Crippen LogP contribution is -2.33. The summed E-state index contributed by atoms with van der Waals surface area (Å²) in [6, 6.07) is 5.87. The summed E-state index contributed by atoms with van der Waals surface area (Å²) in [5.41, 5.74) is 2.49. The predicted octanol–water partition coefficient (Wildman–Crippen LogP) is 2.20. The molecule has 0 radical (unpaired) electrons. The standard InChI is InChI=1S/C16H21NO3/c1-16(8-3-9-20-16)15(19)12-4-6-13-11(10-12)5-7-14(18)17(13)2/h4,6,10,15,19H,3,5,7-9H2,1-2H3. The largest absolute Gasteiger partial charge is 0.385 e. The van der Waals surface area contributed by atoms with Gasteiger partial charge in [-0.05, 0) is 43.4 Å². The quantitative estimate of drug-likeness (QED) is 0.900. The molecule has 3 rings (SSSR count). The average Bonchev–Trinajstić information content (AvgIpc) is 2.90. The Hall–Kier alpha value is -1.39. The summed E-state index contributed by atoms with van der Waals surface area (Å²) in [7, 11) is 1.80. The molecule has 2 aliphatic heterocycles. The summed E-state index contributed by atoms with van der Waals surface area (Å²) in [6.45, 7) is 2.69. The lowest BCUT2D eigenvalue weighted by Gasteiger charge is -2.31. The van der Waals surface area contributed by atoms with Crippen LogP contribution in [-0.2, 0) is 16.0 Å². The van der Waals surface area contributed by atoms with E-state index < -0.39 is 11.7 Å². The fourth-order valence-electron chi connectivity index (χ4n) is 3.22. The van der Waals surface area contributed by atoms with Gasteiger partial charge in [-0.2, -0.15) is 0 Å². The van der Waals surface area contributed by atoms with Crippen molar-refractivity contribution in [3.8, 4) is 0 Å². The number of aliphatic hydroxyl groups excluding tert-OH is 1. The SMILES string of the molecule is CN1C(=O)CCc2cc(C(O)C3(C)CCCO3)ccc21. The van der Waals surface area contributed by atoms with Crippen molar-refractivity contribution >= 4 is 11.6 Å². The smallest absolute Gasteiger partial charge is 0.227 e. The molecule has 108 valence electrons. The monoisotopic (exact) mass is 275 g/mol. The van der Waals surface area contributed by atoms with Gasteiger partial charge in [0.05, 0.1) is 5.60 Å². The number of hydrogen-bond acceptors (Lipinski definition) is 3. The van der Waals surface area contributed by atoms with E-state index in [1.807, 2.05) is 25.1 Å². The highest BCUT2D eigenvalue weighted by Gasteiger charge is 2.38.